The fraction of sp³-hybridized carbons (Fsp3) is 0.300. The van der Waals surface area contributed by atoms with Crippen molar-refractivity contribution in [3.8, 4) is 5.75 Å². The highest BCUT2D eigenvalue weighted by Gasteiger charge is 2.16. The number of hydrogen-bond donors (Lipinski definition) is 0. The predicted octanol–water partition coefficient (Wildman–Crippen LogP) is 7.64. The van der Waals surface area contributed by atoms with Gasteiger partial charge in [-0.1, -0.05) is 85.0 Å². The molecular formula is C30H33NOS. The van der Waals surface area contributed by atoms with Crippen LogP contribution in [0.5, 0.6) is 5.75 Å². The molecule has 1 aliphatic heterocycles. The monoisotopic (exact) mass is 455 g/mol. The Balaban J connectivity index is 1.69. The number of likely N-dealkylation sites (tertiary alicyclic amines) is 1. The zero-order chi connectivity index (χ0) is 22.9. The molecule has 0 saturated carbocycles. The van der Waals surface area contributed by atoms with E-state index in [0.29, 0.717) is 0 Å². The highest BCUT2D eigenvalue weighted by Crippen LogP contribution is 2.36. The van der Waals surface area contributed by atoms with E-state index in [1.807, 2.05) is 12.1 Å². The lowest BCUT2D eigenvalue weighted by molar-refractivity contribution is 0.341. The van der Waals surface area contributed by atoms with E-state index in [4.69, 9.17) is 17.0 Å². The largest absolute Gasteiger partial charge is 0.497 e. The molecule has 1 saturated heterocycles. The van der Waals surface area contributed by atoms with E-state index in [9.17, 15) is 0 Å². The molecule has 1 fully saturated rings. The zero-order valence-corrected chi connectivity index (χ0v) is 20.3. The van der Waals surface area contributed by atoms with Crippen molar-refractivity contribution in [1.82, 2.24) is 4.90 Å². The average molecular weight is 456 g/mol. The van der Waals surface area contributed by atoms with Crippen LogP contribution in [-0.4, -0.2) is 30.1 Å². The normalized spacial score (nSPS) is 14.5. The lowest BCUT2D eigenvalue weighted by Gasteiger charge is -2.29. The summed E-state index contributed by atoms with van der Waals surface area (Å²) >= 11 is 5.82. The molecule has 4 rings (SSSR count). The standard InChI is InChI=1S/C30H33NOS/c1-32-27-20-18-26(19-21-27)30(25-14-7-3-8-15-25)28(24-12-5-2-6-13-24)16-11-17-29(33)31-22-9-4-10-23-31/h2-3,5-8,12-15,18-21H,4,9-11,16-17,22-23H2,1H3/b30-28-. The molecule has 0 spiro atoms. The van der Waals surface area contributed by atoms with Gasteiger partial charge in [-0.2, -0.15) is 0 Å². The van der Waals surface area contributed by atoms with E-state index in [1.54, 1.807) is 7.11 Å². The van der Waals surface area contributed by atoms with E-state index < -0.39 is 0 Å². The third-order valence-corrected chi connectivity index (χ3v) is 6.85. The maximum atomic E-state index is 5.82. The second kappa shape index (κ2) is 11.8. The van der Waals surface area contributed by atoms with Gasteiger partial charge in [0.2, 0.25) is 0 Å². The van der Waals surface area contributed by atoms with E-state index in [2.05, 4.69) is 77.7 Å². The molecule has 0 atom stereocenters. The van der Waals surface area contributed by atoms with Gasteiger partial charge >= 0.3 is 0 Å². The van der Waals surface area contributed by atoms with Crippen molar-refractivity contribution in [3.05, 3.63) is 102 Å². The summed E-state index contributed by atoms with van der Waals surface area (Å²) < 4.78 is 5.41. The van der Waals surface area contributed by atoms with Gasteiger partial charge < -0.3 is 9.64 Å². The SMILES string of the molecule is COc1ccc(/C(=C(/CCCC(=S)N2CCCCC2)c2ccccc2)c2ccccc2)cc1. The second-order valence-corrected chi connectivity index (χ2v) is 9.08. The number of thiocarbonyl (C=S) groups is 1. The summed E-state index contributed by atoms with van der Waals surface area (Å²) in [6.45, 7) is 2.25. The summed E-state index contributed by atoms with van der Waals surface area (Å²) in [5.41, 5.74) is 6.37. The number of hydrogen-bond acceptors (Lipinski definition) is 2. The molecule has 2 nitrogen and oxygen atoms in total. The van der Waals surface area contributed by atoms with Crippen LogP contribution in [0.4, 0.5) is 0 Å². The van der Waals surface area contributed by atoms with Crippen LogP contribution in [-0.2, 0) is 0 Å². The number of methoxy groups -OCH3 is 1. The molecular weight excluding hydrogens is 422 g/mol. The first-order valence-electron chi connectivity index (χ1n) is 12.0. The van der Waals surface area contributed by atoms with Gasteiger partial charge in [0.05, 0.1) is 12.1 Å². The first-order valence-corrected chi connectivity index (χ1v) is 12.4. The molecule has 0 bridgehead atoms. The van der Waals surface area contributed by atoms with Gasteiger partial charge in [0, 0.05) is 13.1 Å². The van der Waals surface area contributed by atoms with Crippen molar-refractivity contribution in [2.75, 3.05) is 20.2 Å². The maximum absolute atomic E-state index is 5.82. The van der Waals surface area contributed by atoms with Crippen molar-refractivity contribution >= 4 is 28.4 Å². The molecule has 170 valence electrons. The maximum Gasteiger partial charge on any atom is 0.118 e. The number of rotatable bonds is 8. The summed E-state index contributed by atoms with van der Waals surface area (Å²) in [5.74, 6) is 0.874. The van der Waals surface area contributed by atoms with Crippen molar-refractivity contribution < 1.29 is 4.74 Å². The van der Waals surface area contributed by atoms with E-state index in [-0.39, 0.29) is 0 Å². The minimum atomic E-state index is 0.874. The third-order valence-electron chi connectivity index (χ3n) is 6.39. The fourth-order valence-corrected chi connectivity index (χ4v) is 4.98. The molecule has 0 aliphatic carbocycles. The minimum Gasteiger partial charge on any atom is -0.497 e. The Labute approximate surface area is 203 Å². The van der Waals surface area contributed by atoms with Crippen LogP contribution in [0.2, 0.25) is 0 Å². The molecule has 0 amide bonds. The summed E-state index contributed by atoms with van der Waals surface area (Å²) in [6, 6.07) is 30.0. The molecule has 0 unspecified atom stereocenters. The predicted molar refractivity (Wildman–Crippen MR) is 144 cm³/mol. The second-order valence-electron chi connectivity index (χ2n) is 8.61. The number of ether oxygens (including phenoxy) is 1. The van der Waals surface area contributed by atoms with Crippen LogP contribution in [0, 0.1) is 0 Å². The summed E-state index contributed by atoms with van der Waals surface area (Å²) in [5, 5.41) is 0. The van der Waals surface area contributed by atoms with Crippen LogP contribution in [0.3, 0.4) is 0 Å². The third kappa shape index (κ3) is 6.11. The Morgan fingerprint density at radius 2 is 1.30 bits per heavy atom. The van der Waals surface area contributed by atoms with Gasteiger partial charge in [-0.3, -0.25) is 0 Å². The Hall–Kier alpha value is -2.91. The molecule has 0 N–H and O–H groups in total. The molecule has 3 aromatic carbocycles. The number of piperidine rings is 1. The van der Waals surface area contributed by atoms with Gasteiger partial charge in [0.25, 0.3) is 0 Å². The number of nitrogens with zero attached hydrogens (tertiary/aromatic N) is 1. The molecule has 33 heavy (non-hydrogen) atoms. The molecule has 3 heteroatoms. The van der Waals surface area contributed by atoms with E-state index in [1.165, 1.54) is 47.1 Å². The summed E-state index contributed by atoms with van der Waals surface area (Å²) in [6.07, 6.45) is 6.87. The highest BCUT2D eigenvalue weighted by atomic mass is 32.1. The molecule has 1 heterocycles. The molecule has 0 aromatic heterocycles. The Bertz CT molecular complexity index is 1050. The van der Waals surface area contributed by atoms with Gasteiger partial charge in [-0.25, -0.2) is 0 Å². The molecule has 3 aromatic rings. The smallest absolute Gasteiger partial charge is 0.118 e. The van der Waals surface area contributed by atoms with Crippen molar-refractivity contribution in [2.24, 2.45) is 0 Å². The quantitative estimate of drug-likeness (QED) is 0.256. The average Bonchev–Trinajstić information content (AvgIpc) is 2.90. The first-order chi connectivity index (χ1) is 16.3. The van der Waals surface area contributed by atoms with Gasteiger partial charge in [0.15, 0.2) is 0 Å². The van der Waals surface area contributed by atoms with Gasteiger partial charge in [0.1, 0.15) is 5.75 Å². The van der Waals surface area contributed by atoms with Crippen molar-refractivity contribution in [1.29, 1.82) is 0 Å². The fourth-order valence-electron chi connectivity index (χ4n) is 4.65. The number of benzene rings is 3. The zero-order valence-electron chi connectivity index (χ0n) is 19.5. The van der Waals surface area contributed by atoms with Crippen LogP contribution >= 0.6 is 12.2 Å². The van der Waals surface area contributed by atoms with Crippen LogP contribution in [0.15, 0.2) is 84.9 Å². The van der Waals surface area contributed by atoms with E-state index in [0.717, 1.165) is 43.1 Å². The lowest BCUT2D eigenvalue weighted by atomic mass is 9.87. The Kier molecular flexibility index (Phi) is 8.32. The van der Waals surface area contributed by atoms with Crippen LogP contribution in [0.1, 0.15) is 55.2 Å². The summed E-state index contributed by atoms with van der Waals surface area (Å²) in [7, 11) is 1.71. The van der Waals surface area contributed by atoms with Crippen molar-refractivity contribution in [3.63, 3.8) is 0 Å². The summed E-state index contributed by atoms with van der Waals surface area (Å²) in [4.78, 5) is 3.56. The minimum absolute atomic E-state index is 0.874. The topological polar surface area (TPSA) is 12.5 Å². The van der Waals surface area contributed by atoms with Gasteiger partial charge in [-0.05, 0) is 78.5 Å². The van der Waals surface area contributed by atoms with Crippen LogP contribution < -0.4 is 4.74 Å². The van der Waals surface area contributed by atoms with Crippen LogP contribution in [0.25, 0.3) is 11.1 Å². The van der Waals surface area contributed by atoms with Gasteiger partial charge in [-0.15, -0.1) is 0 Å². The molecule has 1 aliphatic rings. The first kappa shape index (κ1) is 23.3. The number of allylic oxidation sites excluding steroid dienone is 1. The molecule has 0 radical (unpaired) electrons. The highest BCUT2D eigenvalue weighted by molar-refractivity contribution is 7.80. The lowest BCUT2D eigenvalue weighted by Crippen LogP contribution is -2.34. The Morgan fingerprint density at radius 3 is 1.91 bits per heavy atom. The Morgan fingerprint density at radius 1 is 0.727 bits per heavy atom. The van der Waals surface area contributed by atoms with Crippen molar-refractivity contribution in [2.45, 2.75) is 38.5 Å². The van der Waals surface area contributed by atoms with E-state index >= 15 is 0 Å².